The summed E-state index contributed by atoms with van der Waals surface area (Å²) < 4.78 is 1.25. The van der Waals surface area contributed by atoms with Gasteiger partial charge in [-0.25, -0.2) is 4.98 Å². The monoisotopic (exact) mass is 296 g/mol. The van der Waals surface area contributed by atoms with E-state index in [0.29, 0.717) is 5.92 Å². The van der Waals surface area contributed by atoms with Crippen molar-refractivity contribution in [3.05, 3.63) is 29.3 Å². The Hall–Kier alpha value is -0.640. The molecule has 1 heterocycles. The molecule has 1 aromatic heterocycles. The number of halogens is 1. The Morgan fingerprint density at radius 1 is 1.26 bits per heavy atom. The molecule has 1 atom stereocenters. The van der Waals surface area contributed by atoms with Gasteiger partial charge < -0.3 is 5.32 Å². The van der Waals surface area contributed by atoms with E-state index in [1.807, 2.05) is 6.07 Å². The molecule has 0 aliphatic carbocycles. The summed E-state index contributed by atoms with van der Waals surface area (Å²) in [6, 6.07) is 8.26. The normalized spacial score (nSPS) is 13.3. The van der Waals surface area contributed by atoms with Crippen LogP contribution < -0.4 is 5.32 Å². The Kier molecular flexibility index (Phi) is 5.61. The van der Waals surface area contributed by atoms with Crippen LogP contribution >= 0.6 is 22.9 Å². The first-order chi connectivity index (χ1) is 9.24. The minimum absolute atomic E-state index is 0.212. The van der Waals surface area contributed by atoms with Crippen molar-refractivity contribution in [1.29, 1.82) is 0 Å². The maximum atomic E-state index is 6.41. The SMILES string of the molecule is CCC(CC)C(Cl)CNCc1nc2ccccc2s1. The van der Waals surface area contributed by atoms with E-state index >= 15 is 0 Å². The highest BCUT2D eigenvalue weighted by Gasteiger charge is 2.15. The van der Waals surface area contributed by atoms with Crippen molar-refractivity contribution in [1.82, 2.24) is 10.3 Å². The molecule has 0 saturated carbocycles. The second-order valence-corrected chi connectivity index (χ2v) is 6.47. The van der Waals surface area contributed by atoms with Crippen molar-refractivity contribution in [3.8, 4) is 0 Å². The van der Waals surface area contributed by atoms with E-state index in [1.165, 1.54) is 4.70 Å². The van der Waals surface area contributed by atoms with E-state index in [1.54, 1.807) is 11.3 Å². The molecule has 0 spiro atoms. The van der Waals surface area contributed by atoms with Crippen molar-refractivity contribution < 1.29 is 0 Å². The van der Waals surface area contributed by atoms with Gasteiger partial charge in [0.05, 0.1) is 10.2 Å². The van der Waals surface area contributed by atoms with Crippen molar-refractivity contribution >= 4 is 33.2 Å². The highest BCUT2D eigenvalue weighted by molar-refractivity contribution is 7.18. The van der Waals surface area contributed by atoms with Gasteiger partial charge in [-0.3, -0.25) is 0 Å². The zero-order valence-corrected chi connectivity index (χ0v) is 13.1. The highest BCUT2D eigenvalue weighted by Crippen LogP contribution is 2.22. The fourth-order valence-electron chi connectivity index (χ4n) is 2.28. The fraction of sp³-hybridized carbons (Fsp3) is 0.533. The first kappa shape index (κ1) is 14.8. The number of nitrogens with one attached hydrogen (secondary N) is 1. The van der Waals surface area contributed by atoms with E-state index in [2.05, 4.69) is 42.3 Å². The Morgan fingerprint density at radius 3 is 2.68 bits per heavy atom. The molecule has 0 fully saturated rings. The molecule has 0 amide bonds. The molecule has 1 N–H and O–H groups in total. The predicted octanol–water partition coefficient (Wildman–Crippen LogP) is 4.43. The van der Waals surface area contributed by atoms with Crippen LogP contribution in [0.5, 0.6) is 0 Å². The quantitative estimate of drug-likeness (QED) is 0.765. The number of thiazole rings is 1. The Labute approximate surface area is 124 Å². The van der Waals surface area contributed by atoms with Crippen LogP contribution in [0, 0.1) is 5.92 Å². The van der Waals surface area contributed by atoms with Crippen LogP contribution in [0.25, 0.3) is 10.2 Å². The van der Waals surface area contributed by atoms with Gasteiger partial charge in [0, 0.05) is 18.5 Å². The minimum Gasteiger partial charge on any atom is -0.309 e. The van der Waals surface area contributed by atoms with E-state index in [0.717, 1.165) is 36.5 Å². The summed E-state index contributed by atoms with van der Waals surface area (Å²) in [5.41, 5.74) is 1.09. The number of nitrogens with zero attached hydrogens (tertiary/aromatic N) is 1. The maximum Gasteiger partial charge on any atom is 0.108 e. The van der Waals surface area contributed by atoms with Gasteiger partial charge in [0.1, 0.15) is 5.01 Å². The molecule has 0 saturated heterocycles. The first-order valence-electron chi connectivity index (χ1n) is 6.93. The molecule has 0 aliphatic heterocycles. The molecule has 0 radical (unpaired) electrons. The average Bonchev–Trinajstić information content (AvgIpc) is 2.82. The molecule has 2 aromatic rings. The standard InChI is InChI=1S/C15H21ClN2S/c1-3-11(4-2)12(16)9-17-10-15-18-13-7-5-6-8-14(13)19-15/h5-8,11-12,17H,3-4,9-10H2,1-2H3. The molecular formula is C15H21ClN2S. The molecule has 0 aliphatic rings. The molecule has 2 nitrogen and oxygen atoms in total. The summed E-state index contributed by atoms with van der Waals surface area (Å²) in [7, 11) is 0. The number of hydrogen-bond donors (Lipinski definition) is 1. The van der Waals surface area contributed by atoms with E-state index in [9.17, 15) is 0 Å². The molecule has 0 bridgehead atoms. The van der Waals surface area contributed by atoms with Crippen LogP contribution in [-0.2, 0) is 6.54 Å². The molecule has 104 valence electrons. The van der Waals surface area contributed by atoms with Crippen LogP contribution in [0.15, 0.2) is 24.3 Å². The number of aromatic nitrogens is 1. The number of benzene rings is 1. The number of fused-ring (bicyclic) bond motifs is 1. The van der Waals surface area contributed by atoms with E-state index < -0.39 is 0 Å². The molecule has 1 unspecified atom stereocenters. The average molecular weight is 297 g/mol. The van der Waals surface area contributed by atoms with Gasteiger partial charge >= 0.3 is 0 Å². The minimum atomic E-state index is 0.212. The van der Waals surface area contributed by atoms with E-state index in [4.69, 9.17) is 11.6 Å². The summed E-state index contributed by atoms with van der Waals surface area (Å²) in [5.74, 6) is 0.601. The number of rotatable bonds is 7. The predicted molar refractivity (Wildman–Crippen MR) is 85.0 cm³/mol. The van der Waals surface area contributed by atoms with Gasteiger partial charge in [0.2, 0.25) is 0 Å². The lowest BCUT2D eigenvalue weighted by Crippen LogP contribution is -2.28. The van der Waals surface area contributed by atoms with Gasteiger partial charge in [-0.2, -0.15) is 0 Å². The summed E-state index contributed by atoms with van der Waals surface area (Å²) in [6.07, 6.45) is 2.29. The molecule has 1 aromatic carbocycles. The van der Waals surface area contributed by atoms with Crippen LogP contribution in [0.4, 0.5) is 0 Å². The summed E-state index contributed by atoms with van der Waals surface area (Å²) >= 11 is 8.16. The van der Waals surface area contributed by atoms with Crippen molar-refractivity contribution in [2.75, 3.05) is 6.54 Å². The number of hydrogen-bond acceptors (Lipinski definition) is 3. The van der Waals surface area contributed by atoms with Crippen molar-refractivity contribution in [2.45, 2.75) is 38.6 Å². The smallest absolute Gasteiger partial charge is 0.108 e. The highest BCUT2D eigenvalue weighted by atomic mass is 35.5. The van der Waals surface area contributed by atoms with Crippen LogP contribution in [0.2, 0.25) is 0 Å². The van der Waals surface area contributed by atoms with Crippen LogP contribution in [-0.4, -0.2) is 16.9 Å². The number of alkyl halides is 1. The van der Waals surface area contributed by atoms with Gasteiger partial charge in [0.15, 0.2) is 0 Å². The fourth-order valence-corrected chi connectivity index (χ4v) is 3.68. The lowest BCUT2D eigenvalue weighted by Gasteiger charge is -2.19. The third-order valence-corrected chi connectivity index (χ3v) is 5.06. The summed E-state index contributed by atoms with van der Waals surface area (Å²) in [6.45, 7) is 6.07. The van der Waals surface area contributed by atoms with Gasteiger partial charge in [-0.05, 0) is 18.1 Å². The van der Waals surface area contributed by atoms with Gasteiger partial charge in [-0.15, -0.1) is 22.9 Å². The topological polar surface area (TPSA) is 24.9 Å². The third-order valence-electron chi connectivity index (χ3n) is 3.51. The zero-order chi connectivity index (χ0) is 13.7. The van der Waals surface area contributed by atoms with Crippen LogP contribution in [0.1, 0.15) is 31.7 Å². The second-order valence-electron chi connectivity index (χ2n) is 4.80. The molecular weight excluding hydrogens is 276 g/mol. The Bertz CT molecular complexity index is 475. The van der Waals surface area contributed by atoms with Crippen LogP contribution in [0.3, 0.4) is 0 Å². The Morgan fingerprint density at radius 2 is 2.00 bits per heavy atom. The van der Waals surface area contributed by atoms with Gasteiger partial charge in [-0.1, -0.05) is 38.8 Å². The molecule has 4 heteroatoms. The largest absolute Gasteiger partial charge is 0.309 e. The third kappa shape index (κ3) is 3.91. The first-order valence-corrected chi connectivity index (χ1v) is 8.19. The summed E-state index contributed by atoms with van der Waals surface area (Å²) in [5, 5.41) is 4.77. The zero-order valence-electron chi connectivity index (χ0n) is 11.5. The summed E-state index contributed by atoms with van der Waals surface area (Å²) in [4.78, 5) is 4.61. The Balaban J connectivity index is 1.85. The maximum absolute atomic E-state index is 6.41. The lowest BCUT2D eigenvalue weighted by molar-refractivity contribution is 0.446. The van der Waals surface area contributed by atoms with Crippen molar-refractivity contribution in [3.63, 3.8) is 0 Å². The lowest BCUT2D eigenvalue weighted by atomic mass is 9.99. The van der Waals surface area contributed by atoms with Gasteiger partial charge in [0.25, 0.3) is 0 Å². The molecule has 2 rings (SSSR count). The number of para-hydroxylation sites is 1. The van der Waals surface area contributed by atoms with Crippen molar-refractivity contribution in [2.24, 2.45) is 5.92 Å². The second kappa shape index (κ2) is 7.22. The van der Waals surface area contributed by atoms with E-state index in [-0.39, 0.29) is 5.38 Å². The molecule has 19 heavy (non-hydrogen) atoms.